The number of carbonyl (C=O) groups excluding carboxylic acids is 2. The fraction of sp³-hybridized carbons (Fsp3) is 0.364. The monoisotopic (exact) mass is 446 g/mol. The van der Waals surface area contributed by atoms with Gasteiger partial charge in [-0.3, -0.25) is 9.59 Å². The fourth-order valence-corrected chi connectivity index (χ4v) is 4.41. The third-order valence-corrected chi connectivity index (χ3v) is 6.32. The Balaban J connectivity index is 1.83. The molecule has 2 aromatic rings. The molecule has 2 aromatic carbocycles. The van der Waals surface area contributed by atoms with Crippen molar-refractivity contribution in [1.82, 2.24) is 9.62 Å². The number of ether oxygens (including phenoxy) is 1. The number of hydrogen-bond acceptors (Lipinski definition) is 6. The minimum atomic E-state index is -1.90. The number of benzene rings is 2. The minimum Gasteiger partial charge on any atom is -0.508 e. The molecule has 9 heteroatoms. The van der Waals surface area contributed by atoms with Crippen LogP contribution in [0.1, 0.15) is 25.3 Å². The Morgan fingerprint density at radius 2 is 1.84 bits per heavy atom. The lowest BCUT2D eigenvalue weighted by Gasteiger charge is -2.22. The highest BCUT2D eigenvalue weighted by molar-refractivity contribution is 7.83. The third kappa shape index (κ3) is 5.75. The number of aromatic hydroxyl groups is 2. The van der Waals surface area contributed by atoms with Crippen molar-refractivity contribution in [2.24, 2.45) is 5.92 Å². The smallest absolute Gasteiger partial charge is 0.240 e. The number of amides is 2. The lowest BCUT2D eigenvalue weighted by Crippen LogP contribution is -2.39. The molecular formula is C22H26N2O6S. The van der Waals surface area contributed by atoms with E-state index in [1.54, 1.807) is 12.1 Å². The highest BCUT2D eigenvalue weighted by Crippen LogP contribution is 2.28. The van der Waals surface area contributed by atoms with Crippen LogP contribution in [-0.2, 0) is 27.0 Å². The van der Waals surface area contributed by atoms with E-state index in [-0.39, 0.29) is 31.0 Å². The summed E-state index contributed by atoms with van der Waals surface area (Å²) in [5.74, 6) is -0.889. The van der Waals surface area contributed by atoms with Gasteiger partial charge in [0, 0.05) is 6.54 Å². The molecule has 2 atom stereocenters. The maximum Gasteiger partial charge on any atom is 0.240 e. The normalized spacial score (nSPS) is 17.7. The van der Waals surface area contributed by atoms with Crippen molar-refractivity contribution in [3.63, 3.8) is 0 Å². The van der Waals surface area contributed by atoms with Gasteiger partial charge in [0.25, 0.3) is 0 Å². The molecule has 0 aliphatic carbocycles. The number of unbranched alkanes of at least 4 members (excludes halogenated alkanes) is 1. The molecule has 2 amide bonds. The van der Waals surface area contributed by atoms with E-state index in [0.29, 0.717) is 22.8 Å². The van der Waals surface area contributed by atoms with E-state index < -0.39 is 28.7 Å². The number of carbonyl (C=O) groups is 2. The van der Waals surface area contributed by atoms with E-state index >= 15 is 0 Å². The molecule has 8 nitrogen and oxygen atoms in total. The largest absolute Gasteiger partial charge is 0.508 e. The molecule has 3 N–H and O–H groups in total. The summed E-state index contributed by atoms with van der Waals surface area (Å²) in [6, 6.07) is 10.4. The SMILES string of the molecule is CCCCOc1ccc(O)cc1CC1CNC(=O)CN(S(=O)c2ccc(O)cc2)C1=O. The molecule has 1 saturated heterocycles. The first-order chi connectivity index (χ1) is 14.9. The van der Waals surface area contributed by atoms with Gasteiger partial charge in [-0.1, -0.05) is 13.3 Å². The zero-order chi connectivity index (χ0) is 22.4. The highest BCUT2D eigenvalue weighted by Gasteiger charge is 2.34. The molecule has 1 fully saturated rings. The van der Waals surface area contributed by atoms with E-state index in [4.69, 9.17) is 4.74 Å². The first-order valence-electron chi connectivity index (χ1n) is 10.1. The van der Waals surface area contributed by atoms with Crippen molar-refractivity contribution in [3.8, 4) is 17.2 Å². The van der Waals surface area contributed by atoms with E-state index in [2.05, 4.69) is 12.2 Å². The third-order valence-electron chi connectivity index (χ3n) is 4.93. The molecule has 1 aliphatic heterocycles. The van der Waals surface area contributed by atoms with Gasteiger partial charge in [-0.25, -0.2) is 8.51 Å². The van der Waals surface area contributed by atoms with Crippen molar-refractivity contribution in [2.75, 3.05) is 19.7 Å². The van der Waals surface area contributed by atoms with Gasteiger partial charge in [-0.15, -0.1) is 0 Å². The number of phenolic OH excluding ortho intramolecular Hbond substituents is 2. The predicted molar refractivity (Wildman–Crippen MR) is 115 cm³/mol. The summed E-state index contributed by atoms with van der Waals surface area (Å²) < 4.78 is 19.9. The summed E-state index contributed by atoms with van der Waals surface area (Å²) in [4.78, 5) is 25.7. The van der Waals surface area contributed by atoms with Crippen LogP contribution in [0.3, 0.4) is 0 Å². The topological polar surface area (TPSA) is 116 Å². The Hall–Kier alpha value is -3.07. The van der Waals surface area contributed by atoms with Crippen molar-refractivity contribution in [2.45, 2.75) is 31.1 Å². The number of nitrogens with zero attached hydrogens (tertiary/aromatic N) is 1. The quantitative estimate of drug-likeness (QED) is 0.535. The Kier molecular flexibility index (Phi) is 7.51. The maximum atomic E-state index is 13.2. The van der Waals surface area contributed by atoms with Crippen LogP contribution >= 0.6 is 0 Å². The van der Waals surface area contributed by atoms with Gasteiger partial charge in [0.2, 0.25) is 11.8 Å². The molecule has 3 rings (SSSR count). The zero-order valence-electron chi connectivity index (χ0n) is 17.2. The number of nitrogens with one attached hydrogen (secondary N) is 1. The number of hydrogen-bond donors (Lipinski definition) is 3. The van der Waals surface area contributed by atoms with Gasteiger partial charge in [-0.05, 0) is 60.9 Å². The molecule has 0 radical (unpaired) electrons. The average Bonchev–Trinajstić information content (AvgIpc) is 2.89. The lowest BCUT2D eigenvalue weighted by atomic mass is 9.97. The van der Waals surface area contributed by atoms with Crippen LogP contribution in [0, 0.1) is 5.92 Å². The minimum absolute atomic E-state index is 0.0121. The van der Waals surface area contributed by atoms with Crippen LogP contribution in [0.5, 0.6) is 17.2 Å². The van der Waals surface area contributed by atoms with Gasteiger partial charge in [0.05, 0.1) is 17.4 Å². The summed E-state index contributed by atoms with van der Waals surface area (Å²) in [6.45, 7) is 2.32. The Labute approximate surface area is 183 Å². The van der Waals surface area contributed by atoms with Crippen LogP contribution in [0.4, 0.5) is 0 Å². The van der Waals surface area contributed by atoms with E-state index in [1.807, 2.05) is 0 Å². The van der Waals surface area contributed by atoms with Gasteiger partial charge in [-0.2, -0.15) is 0 Å². The van der Waals surface area contributed by atoms with Gasteiger partial charge in [0.1, 0.15) is 23.8 Å². The molecule has 0 spiro atoms. The first kappa shape index (κ1) is 22.6. The van der Waals surface area contributed by atoms with Crippen LogP contribution in [0.2, 0.25) is 0 Å². The Bertz CT molecular complexity index is 963. The van der Waals surface area contributed by atoms with Crippen LogP contribution in [0.15, 0.2) is 47.4 Å². The zero-order valence-corrected chi connectivity index (χ0v) is 18.1. The molecular weight excluding hydrogens is 420 g/mol. The summed E-state index contributed by atoms with van der Waals surface area (Å²) >= 11 is 0. The van der Waals surface area contributed by atoms with E-state index in [9.17, 15) is 24.0 Å². The summed E-state index contributed by atoms with van der Waals surface area (Å²) in [6.07, 6.45) is 2.05. The molecule has 0 saturated carbocycles. The fourth-order valence-electron chi connectivity index (χ4n) is 3.24. The van der Waals surface area contributed by atoms with Crippen LogP contribution in [0.25, 0.3) is 0 Å². The molecule has 1 aliphatic rings. The average molecular weight is 447 g/mol. The van der Waals surface area contributed by atoms with Crippen molar-refractivity contribution in [3.05, 3.63) is 48.0 Å². The maximum absolute atomic E-state index is 13.2. The van der Waals surface area contributed by atoms with Gasteiger partial charge < -0.3 is 20.3 Å². The lowest BCUT2D eigenvalue weighted by molar-refractivity contribution is -0.131. The van der Waals surface area contributed by atoms with Gasteiger partial charge in [0.15, 0.2) is 11.0 Å². The predicted octanol–water partition coefficient (Wildman–Crippen LogP) is 2.12. The Morgan fingerprint density at radius 3 is 2.55 bits per heavy atom. The summed E-state index contributed by atoms with van der Waals surface area (Å²) in [5.41, 5.74) is 0.640. The van der Waals surface area contributed by atoms with E-state index in [1.165, 1.54) is 30.3 Å². The standard InChI is InChI=1S/C22H26N2O6S/c1-2-3-10-30-20-9-6-18(26)12-15(20)11-16-13-23-21(27)14-24(22(16)28)31(29)19-7-4-17(25)5-8-19/h4-9,12,16,25-26H,2-3,10-11,13-14H2,1H3,(H,23,27). The number of phenols is 2. The highest BCUT2D eigenvalue weighted by atomic mass is 32.2. The number of rotatable bonds is 8. The van der Waals surface area contributed by atoms with Crippen molar-refractivity contribution >= 4 is 22.8 Å². The van der Waals surface area contributed by atoms with Crippen molar-refractivity contribution < 1.29 is 28.7 Å². The molecule has 0 bridgehead atoms. The summed E-state index contributed by atoms with van der Waals surface area (Å²) in [7, 11) is -1.90. The molecule has 166 valence electrons. The van der Waals surface area contributed by atoms with Crippen molar-refractivity contribution in [1.29, 1.82) is 0 Å². The molecule has 0 aromatic heterocycles. The second-order valence-corrected chi connectivity index (χ2v) is 8.73. The molecule has 31 heavy (non-hydrogen) atoms. The second kappa shape index (κ2) is 10.3. The van der Waals surface area contributed by atoms with Gasteiger partial charge >= 0.3 is 0 Å². The van der Waals surface area contributed by atoms with E-state index in [0.717, 1.165) is 17.1 Å². The van der Waals surface area contributed by atoms with Crippen LogP contribution in [-0.4, -0.2) is 50.2 Å². The first-order valence-corrected chi connectivity index (χ1v) is 11.2. The summed E-state index contributed by atoms with van der Waals surface area (Å²) in [5, 5.41) is 22.1. The molecule has 2 unspecified atom stereocenters. The second-order valence-electron chi connectivity index (χ2n) is 7.32. The molecule has 1 heterocycles. The van der Waals surface area contributed by atoms with Crippen LogP contribution < -0.4 is 10.1 Å². The Morgan fingerprint density at radius 1 is 1.13 bits per heavy atom.